The summed E-state index contributed by atoms with van der Waals surface area (Å²) in [6.45, 7) is 0.289. The molecule has 1 rings (SSSR count). The molecule has 0 aromatic heterocycles. The molecule has 0 atom stereocenters. The van der Waals surface area contributed by atoms with Crippen LogP contribution in [0.4, 0.5) is 0 Å². The number of nitrogens with one attached hydrogen (secondary N) is 2. The van der Waals surface area contributed by atoms with E-state index in [0.29, 0.717) is 6.54 Å². The van der Waals surface area contributed by atoms with Crippen LogP contribution < -0.4 is 10.6 Å². The van der Waals surface area contributed by atoms with Crippen molar-refractivity contribution in [2.24, 2.45) is 0 Å². The Hall–Kier alpha value is -1.72. The highest BCUT2D eigenvalue weighted by Crippen LogP contribution is 2.00. The molecule has 4 nitrogen and oxygen atoms in total. The molecule has 90 valence electrons. The largest absolute Gasteiger partial charge is 0.395 e. The predicted molar refractivity (Wildman–Crippen MR) is 71.3 cm³/mol. The quantitative estimate of drug-likeness (QED) is 0.543. The van der Waals surface area contributed by atoms with Crippen LogP contribution in [0.5, 0.6) is 0 Å². The van der Waals surface area contributed by atoms with Gasteiger partial charge in [-0.05, 0) is 23.9 Å². The van der Waals surface area contributed by atoms with Crippen LogP contribution in [0.25, 0.3) is 6.08 Å². The molecular formula is C12H14N2O2S. The van der Waals surface area contributed by atoms with Crippen molar-refractivity contribution in [2.45, 2.75) is 0 Å². The molecular weight excluding hydrogens is 236 g/mol. The van der Waals surface area contributed by atoms with Gasteiger partial charge in [0, 0.05) is 12.6 Å². The number of aliphatic hydroxyl groups excluding tert-OH is 1. The van der Waals surface area contributed by atoms with Gasteiger partial charge in [0.05, 0.1) is 6.61 Å². The Labute approximate surface area is 105 Å². The van der Waals surface area contributed by atoms with Gasteiger partial charge in [0.25, 0.3) is 0 Å². The minimum Gasteiger partial charge on any atom is -0.395 e. The maximum absolute atomic E-state index is 11.4. The highest BCUT2D eigenvalue weighted by Gasteiger charge is 1.98. The van der Waals surface area contributed by atoms with Gasteiger partial charge in [-0.25, -0.2) is 0 Å². The highest BCUT2D eigenvalue weighted by atomic mass is 32.1. The summed E-state index contributed by atoms with van der Waals surface area (Å²) < 4.78 is 0. The summed E-state index contributed by atoms with van der Waals surface area (Å²) in [5.41, 5.74) is 0.942. The molecule has 0 spiro atoms. The van der Waals surface area contributed by atoms with Crippen LogP contribution in [-0.2, 0) is 4.79 Å². The molecule has 0 fully saturated rings. The Morgan fingerprint density at radius 1 is 1.35 bits per heavy atom. The molecule has 1 aromatic carbocycles. The monoisotopic (exact) mass is 250 g/mol. The van der Waals surface area contributed by atoms with Crippen LogP contribution >= 0.6 is 12.2 Å². The van der Waals surface area contributed by atoms with Crippen molar-refractivity contribution in [1.82, 2.24) is 10.6 Å². The van der Waals surface area contributed by atoms with Gasteiger partial charge in [-0.3, -0.25) is 10.1 Å². The van der Waals surface area contributed by atoms with Gasteiger partial charge in [-0.15, -0.1) is 0 Å². The minimum atomic E-state index is -0.302. The summed E-state index contributed by atoms with van der Waals surface area (Å²) in [5.74, 6) is -0.302. The third kappa shape index (κ3) is 5.79. The first-order valence-corrected chi connectivity index (χ1v) is 5.56. The molecule has 5 heteroatoms. The molecule has 1 amide bonds. The Morgan fingerprint density at radius 3 is 2.71 bits per heavy atom. The van der Waals surface area contributed by atoms with E-state index < -0.39 is 0 Å². The summed E-state index contributed by atoms with van der Waals surface area (Å²) in [4.78, 5) is 11.4. The van der Waals surface area contributed by atoms with E-state index in [1.165, 1.54) is 6.08 Å². The Morgan fingerprint density at radius 2 is 2.06 bits per heavy atom. The summed E-state index contributed by atoms with van der Waals surface area (Å²) in [6.07, 6.45) is 3.10. The van der Waals surface area contributed by atoms with Crippen molar-refractivity contribution in [3.63, 3.8) is 0 Å². The number of aliphatic hydroxyl groups is 1. The first-order valence-electron chi connectivity index (χ1n) is 5.15. The molecule has 0 saturated carbocycles. The Balaban J connectivity index is 2.39. The third-order valence-electron chi connectivity index (χ3n) is 1.86. The van der Waals surface area contributed by atoms with Crippen molar-refractivity contribution in [2.75, 3.05) is 13.2 Å². The van der Waals surface area contributed by atoms with Gasteiger partial charge >= 0.3 is 0 Å². The molecule has 0 aliphatic heterocycles. The third-order valence-corrected chi connectivity index (χ3v) is 2.11. The zero-order valence-electron chi connectivity index (χ0n) is 9.22. The second-order valence-corrected chi connectivity index (χ2v) is 3.62. The number of rotatable bonds is 4. The first-order chi connectivity index (χ1) is 8.22. The molecule has 3 N–H and O–H groups in total. The van der Waals surface area contributed by atoms with E-state index in [9.17, 15) is 4.79 Å². The fourth-order valence-corrected chi connectivity index (χ4v) is 1.31. The number of benzene rings is 1. The standard InChI is InChI=1S/C12H14N2O2S/c15-9-8-13-12(17)14-11(16)7-6-10-4-2-1-3-5-10/h1-7,15H,8-9H2,(H2,13,14,16,17)/b7-6+. The van der Waals surface area contributed by atoms with Crippen molar-refractivity contribution < 1.29 is 9.90 Å². The fourth-order valence-electron chi connectivity index (χ4n) is 1.10. The van der Waals surface area contributed by atoms with E-state index in [-0.39, 0.29) is 17.6 Å². The van der Waals surface area contributed by atoms with Crippen LogP contribution in [0.2, 0.25) is 0 Å². The predicted octanol–water partition coefficient (Wildman–Crippen LogP) is 0.683. The number of carbonyl (C=O) groups is 1. The zero-order chi connectivity index (χ0) is 12.5. The van der Waals surface area contributed by atoms with Crippen molar-refractivity contribution in [3.8, 4) is 0 Å². The molecule has 0 unspecified atom stereocenters. The second-order valence-electron chi connectivity index (χ2n) is 3.21. The van der Waals surface area contributed by atoms with E-state index >= 15 is 0 Å². The fraction of sp³-hybridized carbons (Fsp3) is 0.167. The molecule has 0 heterocycles. The second kappa shape index (κ2) is 7.54. The van der Waals surface area contributed by atoms with Gasteiger partial charge in [-0.1, -0.05) is 30.3 Å². The smallest absolute Gasteiger partial charge is 0.250 e. The molecule has 0 bridgehead atoms. The zero-order valence-corrected chi connectivity index (χ0v) is 10.0. The number of thiocarbonyl (C=S) groups is 1. The molecule has 0 radical (unpaired) electrons. The van der Waals surface area contributed by atoms with Crippen LogP contribution in [-0.4, -0.2) is 29.3 Å². The number of amides is 1. The van der Waals surface area contributed by atoms with E-state index in [4.69, 9.17) is 17.3 Å². The lowest BCUT2D eigenvalue weighted by Crippen LogP contribution is -2.39. The maximum Gasteiger partial charge on any atom is 0.250 e. The van der Waals surface area contributed by atoms with Gasteiger partial charge < -0.3 is 10.4 Å². The maximum atomic E-state index is 11.4. The average molecular weight is 250 g/mol. The number of hydrogen-bond donors (Lipinski definition) is 3. The van der Waals surface area contributed by atoms with E-state index in [1.807, 2.05) is 30.3 Å². The lowest BCUT2D eigenvalue weighted by molar-refractivity contribution is -0.115. The van der Waals surface area contributed by atoms with Gasteiger partial charge in [-0.2, -0.15) is 0 Å². The van der Waals surface area contributed by atoms with E-state index in [2.05, 4.69) is 10.6 Å². The molecule has 0 aliphatic carbocycles. The molecule has 0 saturated heterocycles. The van der Waals surface area contributed by atoms with Crippen LogP contribution in [0.3, 0.4) is 0 Å². The lowest BCUT2D eigenvalue weighted by Gasteiger charge is -2.05. The summed E-state index contributed by atoms with van der Waals surface area (Å²) in [7, 11) is 0. The number of hydrogen-bond acceptors (Lipinski definition) is 3. The average Bonchev–Trinajstić information content (AvgIpc) is 2.35. The van der Waals surface area contributed by atoms with Gasteiger partial charge in [0.2, 0.25) is 5.91 Å². The van der Waals surface area contributed by atoms with E-state index in [0.717, 1.165) is 5.56 Å². The Bertz CT molecular complexity index is 404. The summed E-state index contributed by atoms with van der Waals surface area (Å²) >= 11 is 4.84. The van der Waals surface area contributed by atoms with E-state index in [1.54, 1.807) is 6.08 Å². The lowest BCUT2D eigenvalue weighted by atomic mass is 10.2. The SMILES string of the molecule is O=C(/C=C/c1ccccc1)NC(=S)NCCO. The summed E-state index contributed by atoms with van der Waals surface area (Å²) in [6, 6.07) is 9.49. The van der Waals surface area contributed by atoms with Crippen molar-refractivity contribution in [1.29, 1.82) is 0 Å². The minimum absolute atomic E-state index is 0.0319. The number of carbonyl (C=O) groups excluding carboxylic acids is 1. The molecule has 17 heavy (non-hydrogen) atoms. The first kappa shape index (κ1) is 13.3. The highest BCUT2D eigenvalue weighted by molar-refractivity contribution is 7.80. The molecule has 0 aliphatic rings. The van der Waals surface area contributed by atoms with Gasteiger partial charge in [0.1, 0.15) is 0 Å². The Kier molecular flexibility index (Phi) is 5.92. The van der Waals surface area contributed by atoms with Crippen LogP contribution in [0, 0.1) is 0 Å². The summed E-state index contributed by atoms with van der Waals surface area (Å²) in [5, 5.41) is 13.9. The van der Waals surface area contributed by atoms with Crippen LogP contribution in [0.15, 0.2) is 36.4 Å². The van der Waals surface area contributed by atoms with Gasteiger partial charge in [0.15, 0.2) is 5.11 Å². The van der Waals surface area contributed by atoms with Crippen molar-refractivity contribution >= 4 is 29.3 Å². The molecule has 1 aromatic rings. The van der Waals surface area contributed by atoms with Crippen LogP contribution in [0.1, 0.15) is 5.56 Å². The topological polar surface area (TPSA) is 61.4 Å². The normalized spacial score (nSPS) is 10.2. The van der Waals surface area contributed by atoms with Crippen molar-refractivity contribution in [3.05, 3.63) is 42.0 Å².